The summed E-state index contributed by atoms with van der Waals surface area (Å²) < 4.78 is 31.7. The van der Waals surface area contributed by atoms with Gasteiger partial charge in [0.25, 0.3) is 5.91 Å². The van der Waals surface area contributed by atoms with Crippen LogP contribution in [0.15, 0.2) is 47.4 Å². The fourth-order valence-electron chi connectivity index (χ4n) is 2.57. The zero-order chi connectivity index (χ0) is 18.7. The average molecular weight is 396 g/mol. The number of amides is 1. The fourth-order valence-corrected chi connectivity index (χ4v) is 4.15. The van der Waals surface area contributed by atoms with Gasteiger partial charge in [-0.05, 0) is 42.5 Å². The number of carbonyl (C=O) groups is 1. The van der Waals surface area contributed by atoms with E-state index in [-0.39, 0.29) is 10.5 Å². The molecule has 138 valence electrons. The molecule has 9 heteroatoms. The zero-order valence-corrected chi connectivity index (χ0v) is 15.4. The summed E-state index contributed by atoms with van der Waals surface area (Å²) in [5.41, 5.74) is 6.80. The van der Waals surface area contributed by atoms with Gasteiger partial charge in [-0.2, -0.15) is 4.31 Å². The number of hydrogen-bond acceptors (Lipinski definition) is 5. The maximum absolute atomic E-state index is 12.6. The molecule has 1 saturated heterocycles. The average Bonchev–Trinajstić information content (AvgIpc) is 2.65. The highest BCUT2D eigenvalue weighted by molar-refractivity contribution is 7.89. The summed E-state index contributed by atoms with van der Waals surface area (Å²) in [6, 6.07) is 10.6. The highest BCUT2D eigenvalue weighted by Gasteiger charge is 2.26. The minimum absolute atomic E-state index is 0.166. The van der Waals surface area contributed by atoms with Gasteiger partial charge in [-0.1, -0.05) is 11.6 Å². The van der Waals surface area contributed by atoms with Crippen LogP contribution in [0.2, 0.25) is 5.02 Å². The Kier molecular flexibility index (Phi) is 5.47. The van der Waals surface area contributed by atoms with Gasteiger partial charge < -0.3 is 15.8 Å². The number of nitrogens with one attached hydrogen (secondary N) is 1. The van der Waals surface area contributed by atoms with Crippen LogP contribution in [0.1, 0.15) is 10.4 Å². The molecule has 3 rings (SSSR count). The molecule has 0 saturated carbocycles. The molecule has 1 amide bonds. The molecule has 1 heterocycles. The Labute approximate surface area is 156 Å². The number of nitrogen functional groups attached to an aromatic ring is 1. The van der Waals surface area contributed by atoms with Gasteiger partial charge in [0, 0.05) is 29.5 Å². The molecule has 2 aromatic carbocycles. The first-order chi connectivity index (χ1) is 12.4. The Morgan fingerprint density at radius 1 is 1.12 bits per heavy atom. The van der Waals surface area contributed by atoms with Gasteiger partial charge in [-0.25, -0.2) is 8.42 Å². The Morgan fingerprint density at radius 2 is 1.77 bits per heavy atom. The number of nitrogens with two attached hydrogens (primary N) is 1. The van der Waals surface area contributed by atoms with Crippen molar-refractivity contribution >= 4 is 38.9 Å². The second kappa shape index (κ2) is 7.63. The molecule has 3 N–H and O–H groups in total. The van der Waals surface area contributed by atoms with Crippen molar-refractivity contribution in [2.24, 2.45) is 0 Å². The summed E-state index contributed by atoms with van der Waals surface area (Å²) >= 11 is 5.89. The topological polar surface area (TPSA) is 102 Å². The summed E-state index contributed by atoms with van der Waals surface area (Å²) in [6.07, 6.45) is 0. The van der Waals surface area contributed by atoms with Gasteiger partial charge in [0.2, 0.25) is 10.0 Å². The number of carbonyl (C=O) groups excluding carboxylic acids is 1. The predicted molar refractivity (Wildman–Crippen MR) is 99.8 cm³/mol. The van der Waals surface area contributed by atoms with E-state index in [1.807, 2.05) is 0 Å². The lowest BCUT2D eigenvalue weighted by atomic mass is 10.1. The van der Waals surface area contributed by atoms with Gasteiger partial charge in [-0.3, -0.25) is 4.79 Å². The van der Waals surface area contributed by atoms with Crippen molar-refractivity contribution < 1.29 is 17.9 Å². The van der Waals surface area contributed by atoms with E-state index >= 15 is 0 Å². The van der Waals surface area contributed by atoms with E-state index in [1.165, 1.54) is 34.6 Å². The van der Waals surface area contributed by atoms with Gasteiger partial charge in [0.1, 0.15) is 0 Å². The van der Waals surface area contributed by atoms with Gasteiger partial charge >= 0.3 is 0 Å². The molecule has 0 radical (unpaired) electrons. The Bertz CT molecular complexity index is 910. The second-order valence-electron chi connectivity index (χ2n) is 5.73. The summed E-state index contributed by atoms with van der Waals surface area (Å²) in [5.74, 6) is -0.422. The first-order valence-electron chi connectivity index (χ1n) is 7.92. The standard InChI is InChI=1S/C17H18ClN3O4S/c18-12-1-6-16(19)15(11-12)17(22)20-13-2-4-14(5-3-13)26(23,24)21-7-9-25-10-8-21/h1-6,11H,7-10,19H2,(H,20,22). The van der Waals surface area contributed by atoms with E-state index in [4.69, 9.17) is 22.1 Å². The molecule has 1 fully saturated rings. The molecular formula is C17H18ClN3O4S. The Balaban J connectivity index is 1.75. The predicted octanol–water partition coefficient (Wildman–Crippen LogP) is 2.20. The third-order valence-corrected chi connectivity index (χ3v) is 6.13. The number of halogens is 1. The van der Waals surface area contributed by atoms with Gasteiger partial charge in [-0.15, -0.1) is 0 Å². The van der Waals surface area contributed by atoms with Crippen molar-refractivity contribution in [3.63, 3.8) is 0 Å². The third-order valence-electron chi connectivity index (χ3n) is 3.98. The van der Waals surface area contributed by atoms with Crippen molar-refractivity contribution in [1.29, 1.82) is 0 Å². The second-order valence-corrected chi connectivity index (χ2v) is 8.10. The maximum Gasteiger partial charge on any atom is 0.257 e. The van der Waals surface area contributed by atoms with Gasteiger partial charge in [0.15, 0.2) is 0 Å². The van der Waals surface area contributed by atoms with Crippen molar-refractivity contribution in [3.05, 3.63) is 53.1 Å². The number of benzene rings is 2. The van der Waals surface area contributed by atoms with Gasteiger partial charge in [0.05, 0.1) is 23.7 Å². The van der Waals surface area contributed by atoms with E-state index in [0.717, 1.165) is 0 Å². The SMILES string of the molecule is Nc1ccc(Cl)cc1C(=O)Nc1ccc(S(=O)(=O)N2CCOCC2)cc1. The molecule has 0 aromatic heterocycles. The number of rotatable bonds is 4. The largest absolute Gasteiger partial charge is 0.398 e. The number of sulfonamides is 1. The van der Waals surface area contributed by atoms with E-state index < -0.39 is 15.9 Å². The smallest absolute Gasteiger partial charge is 0.257 e. The zero-order valence-electron chi connectivity index (χ0n) is 13.8. The molecule has 7 nitrogen and oxygen atoms in total. The number of nitrogens with zero attached hydrogens (tertiary/aromatic N) is 1. The number of hydrogen-bond donors (Lipinski definition) is 2. The van der Waals surface area contributed by atoms with Crippen molar-refractivity contribution in [2.75, 3.05) is 37.4 Å². The molecule has 0 bridgehead atoms. The molecule has 0 spiro atoms. The highest BCUT2D eigenvalue weighted by atomic mass is 35.5. The lowest BCUT2D eigenvalue weighted by Gasteiger charge is -2.26. The first-order valence-corrected chi connectivity index (χ1v) is 9.74. The first kappa shape index (κ1) is 18.7. The van der Waals surface area contributed by atoms with Crippen LogP contribution in [0.5, 0.6) is 0 Å². The molecule has 0 aliphatic carbocycles. The monoisotopic (exact) mass is 395 g/mol. The maximum atomic E-state index is 12.6. The van der Waals surface area contributed by atoms with E-state index in [1.54, 1.807) is 12.1 Å². The normalized spacial score (nSPS) is 15.6. The van der Waals surface area contributed by atoms with Crippen LogP contribution < -0.4 is 11.1 Å². The molecule has 26 heavy (non-hydrogen) atoms. The van der Waals surface area contributed by atoms with Crippen LogP contribution in [-0.4, -0.2) is 44.9 Å². The minimum Gasteiger partial charge on any atom is -0.398 e. The number of morpholine rings is 1. The van der Waals surface area contributed by atoms with Crippen LogP contribution in [-0.2, 0) is 14.8 Å². The number of ether oxygens (including phenoxy) is 1. The third kappa shape index (κ3) is 3.99. The van der Waals surface area contributed by atoms with Crippen molar-refractivity contribution in [1.82, 2.24) is 4.31 Å². The lowest BCUT2D eigenvalue weighted by Crippen LogP contribution is -2.40. The lowest BCUT2D eigenvalue weighted by molar-refractivity contribution is 0.0730. The van der Waals surface area contributed by atoms with E-state index in [9.17, 15) is 13.2 Å². The van der Waals surface area contributed by atoms with Crippen LogP contribution in [0, 0.1) is 0 Å². The summed E-state index contributed by atoms with van der Waals surface area (Å²) in [4.78, 5) is 12.5. The molecule has 0 atom stereocenters. The molecule has 1 aliphatic rings. The fraction of sp³-hybridized carbons (Fsp3) is 0.235. The Hall–Kier alpha value is -2.13. The molecule has 2 aromatic rings. The van der Waals surface area contributed by atoms with E-state index in [0.29, 0.717) is 42.7 Å². The molecule has 1 aliphatic heterocycles. The summed E-state index contributed by atoms with van der Waals surface area (Å²) in [7, 11) is -3.57. The summed E-state index contributed by atoms with van der Waals surface area (Å²) in [6.45, 7) is 1.42. The quantitative estimate of drug-likeness (QED) is 0.772. The summed E-state index contributed by atoms with van der Waals surface area (Å²) in [5, 5.41) is 3.08. The van der Waals surface area contributed by atoms with Crippen LogP contribution >= 0.6 is 11.6 Å². The number of anilines is 2. The van der Waals surface area contributed by atoms with Crippen molar-refractivity contribution in [3.8, 4) is 0 Å². The van der Waals surface area contributed by atoms with Crippen molar-refractivity contribution in [2.45, 2.75) is 4.90 Å². The van der Waals surface area contributed by atoms with E-state index in [2.05, 4.69) is 5.32 Å². The Morgan fingerprint density at radius 3 is 2.42 bits per heavy atom. The van der Waals surface area contributed by atoms with Crippen LogP contribution in [0.3, 0.4) is 0 Å². The highest BCUT2D eigenvalue weighted by Crippen LogP contribution is 2.22. The molecule has 0 unspecified atom stereocenters. The van der Waals surface area contributed by atoms with Crippen LogP contribution in [0.4, 0.5) is 11.4 Å². The molecular weight excluding hydrogens is 378 g/mol. The van der Waals surface area contributed by atoms with Crippen LogP contribution in [0.25, 0.3) is 0 Å². The minimum atomic E-state index is -3.57.